The average Bonchev–Trinajstić information content (AvgIpc) is 2.61. The van der Waals surface area contributed by atoms with Gasteiger partial charge in [0.1, 0.15) is 5.69 Å². The largest absolute Gasteiger partial charge is 0.363 e. The Morgan fingerprint density at radius 1 is 1.23 bits per heavy atom. The fraction of sp³-hybridized carbons (Fsp3) is 0.529. The maximum Gasteiger partial charge on any atom is 0.293 e. The van der Waals surface area contributed by atoms with Crippen molar-refractivity contribution in [2.75, 3.05) is 44.7 Å². The second-order valence-corrected chi connectivity index (χ2v) is 6.53. The van der Waals surface area contributed by atoms with Crippen LogP contribution in [0.3, 0.4) is 0 Å². The summed E-state index contributed by atoms with van der Waals surface area (Å²) in [5.74, 6) is -0.380. The van der Waals surface area contributed by atoms with E-state index in [1.54, 1.807) is 19.2 Å². The normalized spacial score (nSPS) is 15.0. The summed E-state index contributed by atoms with van der Waals surface area (Å²) >= 11 is 0. The number of carbonyl (C=O) groups is 2. The van der Waals surface area contributed by atoms with Crippen molar-refractivity contribution in [3.63, 3.8) is 0 Å². The monoisotopic (exact) mass is 363 g/mol. The van der Waals surface area contributed by atoms with Crippen LogP contribution in [0.25, 0.3) is 0 Å². The van der Waals surface area contributed by atoms with Crippen molar-refractivity contribution in [2.24, 2.45) is 0 Å². The molecule has 1 aromatic rings. The van der Waals surface area contributed by atoms with E-state index < -0.39 is 4.92 Å². The van der Waals surface area contributed by atoms with Gasteiger partial charge in [-0.3, -0.25) is 24.6 Å². The number of anilines is 1. The number of amides is 2. The van der Waals surface area contributed by atoms with Crippen molar-refractivity contribution >= 4 is 23.2 Å². The van der Waals surface area contributed by atoms with Gasteiger partial charge < -0.3 is 15.5 Å². The number of likely N-dealkylation sites (N-methyl/N-ethyl adjacent to an activating group) is 1. The predicted octanol–water partition coefficient (Wildman–Crippen LogP) is 0.601. The van der Waals surface area contributed by atoms with Crippen LogP contribution in [0, 0.1) is 10.1 Å². The van der Waals surface area contributed by atoms with Crippen molar-refractivity contribution < 1.29 is 14.5 Å². The van der Waals surface area contributed by atoms with Crippen LogP contribution in [0.2, 0.25) is 0 Å². The lowest BCUT2D eigenvalue weighted by molar-refractivity contribution is -0.384. The molecule has 1 aromatic carbocycles. The number of carbonyl (C=O) groups excluding carboxylic acids is 2. The van der Waals surface area contributed by atoms with Gasteiger partial charge in [0, 0.05) is 50.9 Å². The molecule has 26 heavy (non-hydrogen) atoms. The van der Waals surface area contributed by atoms with E-state index in [1.807, 2.05) is 23.6 Å². The van der Waals surface area contributed by atoms with Gasteiger partial charge >= 0.3 is 0 Å². The van der Waals surface area contributed by atoms with E-state index >= 15 is 0 Å². The lowest BCUT2D eigenvalue weighted by atomic mass is 10.1. The van der Waals surface area contributed by atoms with E-state index in [0.29, 0.717) is 38.4 Å². The summed E-state index contributed by atoms with van der Waals surface area (Å²) in [7, 11) is 1.60. The molecule has 1 aliphatic heterocycles. The van der Waals surface area contributed by atoms with Crippen LogP contribution in [-0.2, 0) is 4.79 Å². The van der Waals surface area contributed by atoms with Crippen LogP contribution in [0.5, 0.6) is 0 Å². The molecule has 9 nitrogen and oxygen atoms in total. The number of hydrogen-bond donors (Lipinski definition) is 2. The zero-order valence-electron chi connectivity index (χ0n) is 15.3. The predicted molar refractivity (Wildman–Crippen MR) is 98.4 cm³/mol. The van der Waals surface area contributed by atoms with Crippen molar-refractivity contribution in [3.05, 3.63) is 33.9 Å². The first-order chi connectivity index (χ1) is 12.3. The fourth-order valence-corrected chi connectivity index (χ4v) is 2.85. The van der Waals surface area contributed by atoms with Crippen LogP contribution in [-0.4, -0.2) is 67.5 Å². The maximum atomic E-state index is 12.1. The van der Waals surface area contributed by atoms with Gasteiger partial charge in [-0.15, -0.1) is 0 Å². The van der Waals surface area contributed by atoms with Gasteiger partial charge in [0.05, 0.1) is 11.5 Å². The lowest BCUT2D eigenvalue weighted by Crippen LogP contribution is -2.49. The van der Waals surface area contributed by atoms with Crippen molar-refractivity contribution in [3.8, 4) is 0 Å². The van der Waals surface area contributed by atoms with E-state index in [0.717, 1.165) is 0 Å². The molecule has 1 aliphatic rings. The van der Waals surface area contributed by atoms with Gasteiger partial charge in [-0.05, 0) is 26.0 Å². The Hall–Kier alpha value is -2.68. The van der Waals surface area contributed by atoms with Gasteiger partial charge in [-0.25, -0.2) is 0 Å². The summed E-state index contributed by atoms with van der Waals surface area (Å²) in [6.45, 7) is 6.42. The Morgan fingerprint density at radius 3 is 2.42 bits per heavy atom. The minimum absolute atomic E-state index is 0.0466. The highest BCUT2D eigenvalue weighted by atomic mass is 16.6. The third-order valence-corrected chi connectivity index (χ3v) is 4.21. The van der Waals surface area contributed by atoms with Crippen LogP contribution in [0.15, 0.2) is 18.2 Å². The molecule has 142 valence electrons. The Labute approximate surface area is 152 Å². The number of nitro benzene ring substituents is 1. The second-order valence-electron chi connectivity index (χ2n) is 6.53. The summed E-state index contributed by atoms with van der Waals surface area (Å²) in [6, 6.07) is 4.51. The maximum absolute atomic E-state index is 12.1. The third kappa shape index (κ3) is 4.92. The highest BCUT2D eigenvalue weighted by Crippen LogP contribution is 2.30. The number of piperazine rings is 1. The molecular formula is C17H25N5O4. The molecule has 1 saturated heterocycles. The zero-order chi connectivity index (χ0) is 19.3. The number of nitrogens with zero attached hydrogens (tertiary/aromatic N) is 3. The van der Waals surface area contributed by atoms with Gasteiger partial charge in [0.25, 0.3) is 11.6 Å². The third-order valence-electron chi connectivity index (χ3n) is 4.21. The number of hydrogen-bond acceptors (Lipinski definition) is 6. The molecule has 0 atom stereocenters. The van der Waals surface area contributed by atoms with Gasteiger partial charge in [-0.1, -0.05) is 0 Å². The quantitative estimate of drug-likeness (QED) is 0.566. The molecule has 1 heterocycles. The smallest absolute Gasteiger partial charge is 0.293 e. The minimum Gasteiger partial charge on any atom is -0.363 e. The lowest BCUT2D eigenvalue weighted by Gasteiger charge is -2.35. The molecule has 0 unspecified atom stereocenters. The average molecular weight is 363 g/mol. The SMILES string of the molecule is CNC(=O)CN1CCN(c2ccc(C(=O)NC(C)C)cc2[N+](=O)[O-])CC1. The first kappa shape index (κ1) is 19.6. The molecule has 0 spiro atoms. The Kier molecular flexibility index (Phi) is 6.51. The molecule has 0 radical (unpaired) electrons. The highest BCUT2D eigenvalue weighted by Gasteiger charge is 2.25. The Balaban J connectivity index is 2.13. The highest BCUT2D eigenvalue weighted by molar-refractivity contribution is 5.96. The molecule has 2 rings (SSSR count). The van der Waals surface area contributed by atoms with Crippen molar-refractivity contribution in [2.45, 2.75) is 19.9 Å². The summed E-state index contributed by atoms with van der Waals surface area (Å²) in [4.78, 5) is 38.5. The van der Waals surface area contributed by atoms with E-state index in [-0.39, 0.29) is 29.1 Å². The molecule has 9 heteroatoms. The molecular weight excluding hydrogens is 338 g/mol. The first-order valence-corrected chi connectivity index (χ1v) is 8.59. The number of benzene rings is 1. The summed E-state index contributed by atoms with van der Waals surface area (Å²) in [5.41, 5.74) is 0.684. The number of rotatable bonds is 6. The fourth-order valence-electron chi connectivity index (χ4n) is 2.85. The van der Waals surface area contributed by atoms with Crippen LogP contribution in [0.1, 0.15) is 24.2 Å². The molecule has 0 aromatic heterocycles. The van der Waals surface area contributed by atoms with Gasteiger partial charge in [-0.2, -0.15) is 0 Å². The number of nitrogens with one attached hydrogen (secondary N) is 2. The second kappa shape index (κ2) is 8.61. The van der Waals surface area contributed by atoms with E-state index in [4.69, 9.17) is 0 Å². The van der Waals surface area contributed by atoms with E-state index in [9.17, 15) is 19.7 Å². The summed E-state index contributed by atoms with van der Waals surface area (Å²) < 4.78 is 0. The topological polar surface area (TPSA) is 108 Å². The van der Waals surface area contributed by atoms with E-state index in [1.165, 1.54) is 6.07 Å². The number of nitro groups is 1. The molecule has 0 bridgehead atoms. The van der Waals surface area contributed by atoms with Crippen LogP contribution in [0.4, 0.5) is 11.4 Å². The molecule has 0 saturated carbocycles. The van der Waals surface area contributed by atoms with Gasteiger partial charge in [0.15, 0.2) is 0 Å². The van der Waals surface area contributed by atoms with Crippen molar-refractivity contribution in [1.82, 2.24) is 15.5 Å². The Bertz CT molecular complexity index is 684. The molecule has 1 fully saturated rings. The molecule has 0 aliphatic carbocycles. The van der Waals surface area contributed by atoms with Gasteiger partial charge in [0.2, 0.25) is 5.91 Å². The van der Waals surface area contributed by atoms with Crippen molar-refractivity contribution in [1.29, 1.82) is 0 Å². The summed E-state index contributed by atoms with van der Waals surface area (Å²) in [5, 5.41) is 16.8. The molecule has 2 amide bonds. The van der Waals surface area contributed by atoms with Crippen LogP contribution < -0.4 is 15.5 Å². The zero-order valence-corrected chi connectivity index (χ0v) is 15.3. The van der Waals surface area contributed by atoms with Crippen LogP contribution >= 0.6 is 0 Å². The molecule has 2 N–H and O–H groups in total. The Morgan fingerprint density at radius 2 is 1.88 bits per heavy atom. The first-order valence-electron chi connectivity index (χ1n) is 8.59. The minimum atomic E-state index is -0.460. The van der Waals surface area contributed by atoms with E-state index in [2.05, 4.69) is 10.6 Å². The summed E-state index contributed by atoms with van der Waals surface area (Å²) in [6.07, 6.45) is 0. The standard InChI is InChI=1S/C17H25N5O4/c1-12(2)19-17(24)13-4-5-14(15(10-13)22(25)26)21-8-6-20(7-9-21)11-16(23)18-3/h4-5,10,12H,6-9,11H2,1-3H3,(H,18,23)(H,19,24).